The number of nitriles is 1. The van der Waals surface area contributed by atoms with Crippen LogP contribution in [-0.4, -0.2) is 17.8 Å². The van der Waals surface area contributed by atoms with Crippen LogP contribution in [0, 0.1) is 11.3 Å². The average Bonchev–Trinajstić information content (AvgIpc) is 2.88. The summed E-state index contributed by atoms with van der Waals surface area (Å²) in [5.74, 6) is 0.960. The van der Waals surface area contributed by atoms with Gasteiger partial charge in [0.2, 0.25) is 5.69 Å². The Morgan fingerprint density at radius 3 is 3.16 bits per heavy atom. The molecule has 19 heavy (non-hydrogen) atoms. The zero-order chi connectivity index (χ0) is 13.5. The number of ether oxygens (including phenoxy) is 1. The first-order valence-corrected chi connectivity index (χ1v) is 5.69. The molecule has 0 saturated heterocycles. The van der Waals surface area contributed by atoms with Crippen LogP contribution in [0.25, 0.3) is 0 Å². The van der Waals surface area contributed by atoms with Gasteiger partial charge in [0.05, 0.1) is 12.8 Å². The molecule has 0 spiro atoms. The molecular weight excluding hydrogens is 244 g/mol. The third kappa shape index (κ3) is 3.10. The van der Waals surface area contributed by atoms with E-state index in [4.69, 9.17) is 14.4 Å². The number of para-hydroxylation sites is 1. The first-order valence-electron chi connectivity index (χ1n) is 5.69. The van der Waals surface area contributed by atoms with Gasteiger partial charge in [0.25, 0.3) is 5.88 Å². The fraction of sp³-hybridized carbons (Fsp3) is 0.154. The Hall–Kier alpha value is -2.81. The van der Waals surface area contributed by atoms with Crippen molar-refractivity contribution in [1.29, 1.82) is 5.26 Å². The number of hydrogen-bond acceptors (Lipinski definition) is 6. The summed E-state index contributed by atoms with van der Waals surface area (Å²) in [5.41, 5.74) is 3.62. The first-order chi connectivity index (χ1) is 9.35. The Morgan fingerprint density at radius 2 is 2.37 bits per heavy atom. The van der Waals surface area contributed by atoms with E-state index in [2.05, 4.69) is 15.5 Å². The fourth-order valence-corrected chi connectivity index (χ4v) is 1.44. The van der Waals surface area contributed by atoms with E-state index in [0.717, 1.165) is 11.3 Å². The molecule has 0 aliphatic carbocycles. The molecule has 2 aromatic rings. The Morgan fingerprint density at radius 1 is 1.53 bits per heavy atom. The Labute approximate surface area is 110 Å². The van der Waals surface area contributed by atoms with E-state index in [1.165, 1.54) is 6.39 Å². The van der Waals surface area contributed by atoms with Gasteiger partial charge in [0.1, 0.15) is 11.8 Å². The van der Waals surface area contributed by atoms with E-state index in [0.29, 0.717) is 6.61 Å². The van der Waals surface area contributed by atoms with E-state index in [9.17, 15) is 0 Å². The minimum atomic E-state index is 0.162. The summed E-state index contributed by atoms with van der Waals surface area (Å²) in [4.78, 5) is 3.72. The van der Waals surface area contributed by atoms with Crippen LogP contribution in [0.4, 0.5) is 5.88 Å². The number of benzene rings is 1. The van der Waals surface area contributed by atoms with Crippen molar-refractivity contribution in [3.8, 4) is 11.8 Å². The van der Waals surface area contributed by atoms with Crippen LogP contribution in [-0.2, 0) is 0 Å². The monoisotopic (exact) mass is 256 g/mol. The molecule has 1 N–H and O–H groups in total. The van der Waals surface area contributed by atoms with Crippen molar-refractivity contribution in [1.82, 2.24) is 4.98 Å². The molecule has 6 heteroatoms. The average molecular weight is 256 g/mol. The first kappa shape index (κ1) is 12.6. The highest BCUT2D eigenvalue weighted by Gasteiger charge is 2.05. The molecule has 0 atom stereocenters. The molecular formula is C13H12N4O2. The third-order valence-corrected chi connectivity index (χ3v) is 2.26. The SMILES string of the molecule is CCOc1ccccc1/C=N/Nc1ocnc1C#N. The Bertz CT molecular complexity index is 613. The lowest BCUT2D eigenvalue weighted by Gasteiger charge is -2.05. The quantitative estimate of drug-likeness (QED) is 0.656. The number of hydrogen-bond donors (Lipinski definition) is 1. The van der Waals surface area contributed by atoms with Crippen LogP contribution >= 0.6 is 0 Å². The van der Waals surface area contributed by atoms with Crippen molar-refractivity contribution in [2.45, 2.75) is 6.92 Å². The standard InChI is InChI=1S/C13H12N4O2/c1-2-18-12-6-4-3-5-10(12)8-16-17-13-11(7-14)15-9-19-13/h3-6,8-9,17H,2H2,1H3/b16-8+. The van der Waals surface area contributed by atoms with Gasteiger partial charge >= 0.3 is 0 Å². The van der Waals surface area contributed by atoms with Crippen LogP contribution in [0.15, 0.2) is 40.2 Å². The van der Waals surface area contributed by atoms with Crippen molar-refractivity contribution in [2.24, 2.45) is 5.10 Å². The summed E-state index contributed by atoms with van der Waals surface area (Å²) in [6.45, 7) is 2.50. The van der Waals surface area contributed by atoms with Crippen LogP contribution in [0.3, 0.4) is 0 Å². The van der Waals surface area contributed by atoms with Gasteiger partial charge in [-0.1, -0.05) is 12.1 Å². The molecule has 0 fully saturated rings. The van der Waals surface area contributed by atoms with Gasteiger partial charge in [0, 0.05) is 5.56 Å². The predicted octanol–water partition coefficient (Wildman–Crippen LogP) is 2.39. The van der Waals surface area contributed by atoms with Gasteiger partial charge in [-0.25, -0.2) is 10.4 Å². The molecule has 2 rings (SSSR count). The summed E-state index contributed by atoms with van der Waals surface area (Å²) in [6.07, 6.45) is 2.78. The van der Waals surface area contributed by atoms with Gasteiger partial charge in [-0.05, 0) is 19.1 Å². The summed E-state index contributed by atoms with van der Waals surface area (Å²) in [7, 11) is 0. The maximum Gasteiger partial charge on any atom is 0.251 e. The second kappa shape index (κ2) is 6.21. The van der Waals surface area contributed by atoms with E-state index in [1.807, 2.05) is 37.3 Å². The summed E-state index contributed by atoms with van der Waals surface area (Å²) >= 11 is 0. The number of rotatable bonds is 5. The molecule has 0 unspecified atom stereocenters. The predicted molar refractivity (Wildman–Crippen MR) is 70.0 cm³/mol. The Kier molecular flexibility index (Phi) is 4.13. The normalized spacial score (nSPS) is 10.3. The molecule has 96 valence electrons. The van der Waals surface area contributed by atoms with E-state index < -0.39 is 0 Å². The number of nitrogens with zero attached hydrogens (tertiary/aromatic N) is 3. The van der Waals surface area contributed by atoms with Crippen LogP contribution in [0.5, 0.6) is 5.75 Å². The molecule has 0 amide bonds. The molecule has 0 radical (unpaired) electrons. The second-order valence-electron chi connectivity index (χ2n) is 3.48. The van der Waals surface area contributed by atoms with Crippen molar-refractivity contribution < 1.29 is 9.15 Å². The number of anilines is 1. The lowest BCUT2D eigenvalue weighted by Crippen LogP contribution is -1.97. The van der Waals surface area contributed by atoms with Crippen molar-refractivity contribution in [3.63, 3.8) is 0 Å². The second-order valence-corrected chi connectivity index (χ2v) is 3.48. The molecule has 0 aliphatic heterocycles. The maximum absolute atomic E-state index is 8.75. The minimum absolute atomic E-state index is 0.162. The molecule has 0 bridgehead atoms. The topological polar surface area (TPSA) is 83.4 Å². The van der Waals surface area contributed by atoms with Gasteiger partial charge in [0.15, 0.2) is 6.39 Å². The van der Waals surface area contributed by atoms with Crippen LogP contribution in [0.1, 0.15) is 18.2 Å². The van der Waals surface area contributed by atoms with E-state index >= 15 is 0 Å². The number of hydrazone groups is 1. The molecule has 0 aliphatic rings. The van der Waals surface area contributed by atoms with Gasteiger partial charge < -0.3 is 9.15 Å². The molecule has 6 nitrogen and oxygen atoms in total. The van der Waals surface area contributed by atoms with Crippen molar-refractivity contribution in [2.75, 3.05) is 12.0 Å². The summed E-state index contributed by atoms with van der Waals surface area (Å²) in [5, 5.41) is 12.7. The molecule has 1 aromatic heterocycles. The van der Waals surface area contributed by atoms with E-state index in [1.54, 1.807) is 6.21 Å². The van der Waals surface area contributed by atoms with Gasteiger partial charge in [-0.2, -0.15) is 10.4 Å². The fourth-order valence-electron chi connectivity index (χ4n) is 1.44. The maximum atomic E-state index is 8.75. The minimum Gasteiger partial charge on any atom is -0.493 e. The van der Waals surface area contributed by atoms with Crippen LogP contribution < -0.4 is 10.2 Å². The summed E-state index contributed by atoms with van der Waals surface area (Å²) < 4.78 is 10.4. The zero-order valence-electron chi connectivity index (χ0n) is 10.3. The smallest absolute Gasteiger partial charge is 0.251 e. The highest BCUT2D eigenvalue weighted by molar-refractivity contribution is 5.83. The number of nitrogens with one attached hydrogen (secondary N) is 1. The molecule has 1 aromatic carbocycles. The molecule has 1 heterocycles. The Balaban J connectivity index is 2.09. The number of aromatic nitrogens is 1. The van der Waals surface area contributed by atoms with Crippen molar-refractivity contribution >= 4 is 12.1 Å². The van der Waals surface area contributed by atoms with Gasteiger partial charge in [-0.15, -0.1) is 0 Å². The third-order valence-electron chi connectivity index (χ3n) is 2.26. The highest BCUT2D eigenvalue weighted by atomic mass is 16.5. The highest BCUT2D eigenvalue weighted by Crippen LogP contribution is 2.16. The van der Waals surface area contributed by atoms with Crippen molar-refractivity contribution in [3.05, 3.63) is 41.9 Å². The number of oxazole rings is 1. The largest absolute Gasteiger partial charge is 0.493 e. The van der Waals surface area contributed by atoms with Gasteiger partial charge in [-0.3, -0.25) is 0 Å². The lowest BCUT2D eigenvalue weighted by atomic mass is 10.2. The van der Waals surface area contributed by atoms with Crippen LogP contribution in [0.2, 0.25) is 0 Å². The van der Waals surface area contributed by atoms with E-state index in [-0.39, 0.29) is 11.6 Å². The zero-order valence-corrected chi connectivity index (χ0v) is 10.3. The lowest BCUT2D eigenvalue weighted by molar-refractivity contribution is 0.340. The summed E-state index contributed by atoms with van der Waals surface area (Å²) in [6, 6.07) is 9.40. The molecule has 0 saturated carbocycles.